The lowest BCUT2D eigenvalue weighted by Gasteiger charge is -2.42. The monoisotopic (exact) mass is 240 g/mol. The minimum atomic E-state index is -0.455. The molecule has 1 atom stereocenters. The zero-order valence-corrected chi connectivity index (χ0v) is 10.3. The Morgan fingerprint density at radius 3 is 2.94 bits per heavy atom. The average molecular weight is 240 g/mol. The summed E-state index contributed by atoms with van der Waals surface area (Å²) >= 11 is 0. The van der Waals surface area contributed by atoms with Crippen molar-refractivity contribution in [2.75, 3.05) is 23.7 Å². The molecule has 94 valence electrons. The van der Waals surface area contributed by atoms with Crippen LogP contribution in [0.5, 0.6) is 0 Å². The van der Waals surface area contributed by atoms with Gasteiger partial charge in [-0.3, -0.25) is 0 Å². The normalized spacial score (nSPS) is 23.8. The van der Waals surface area contributed by atoms with Gasteiger partial charge in [0.15, 0.2) is 11.6 Å². The van der Waals surface area contributed by atoms with Crippen molar-refractivity contribution in [3.05, 3.63) is 12.0 Å². The maximum atomic E-state index is 13.7. The number of halogens is 1. The summed E-state index contributed by atoms with van der Waals surface area (Å²) in [7, 11) is 0. The van der Waals surface area contributed by atoms with Crippen molar-refractivity contribution in [2.45, 2.75) is 32.5 Å². The fourth-order valence-electron chi connectivity index (χ4n) is 2.21. The van der Waals surface area contributed by atoms with Crippen LogP contribution in [0.4, 0.5) is 16.2 Å². The summed E-state index contributed by atoms with van der Waals surface area (Å²) < 4.78 is 19.4. The molecule has 1 aromatic rings. The van der Waals surface area contributed by atoms with E-state index < -0.39 is 5.82 Å². The van der Waals surface area contributed by atoms with Crippen LogP contribution < -0.4 is 10.6 Å². The van der Waals surface area contributed by atoms with Crippen molar-refractivity contribution >= 4 is 11.8 Å². The lowest BCUT2D eigenvalue weighted by Crippen LogP contribution is -2.52. The van der Waals surface area contributed by atoms with E-state index in [0.717, 1.165) is 6.20 Å². The van der Waals surface area contributed by atoms with Crippen molar-refractivity contribution in [1.29, 1.82) is 0 Å². The summed E-state index contributed by atoms with van der Waals surface area (Å²) in [5.41, 5.74) is 5.16. The Kier molecular flexibility index (Phi) is 2.91. The first kappa shape index (κ1) is 12.0. The predicted octanol–water partition coefficient (Wildman–Crippen LogP) is 1.20. The lowest BCUT2D eigenvalue weighted by molar-refractivity contribution is -0.0753. The van der Waals surface area contributed by atoms with Crippen molar-refractivity contribution in [3.63, 3.8) is 0 Å². The Bertz CT molecular complexity index is 424. The summed E-state index contributed by atoms with van der Waals surface area (Å²) in [5.74, 6) is -0.122. The van der Waals surface area contributed by atoms with Crippen LogP contribution in [-0.2, 0) is 4.74 Å². The van der Waals surface area contributed by atoms with E-state index in [1.165, 1.54) is 0 Å². The number of anilines is 2. The van der Waals surface area contributed by atoms with Gasteiger partial charge in [0.25, 0.3) is 0 Å². The molecule has 1 aliphatic heterocycles. The molecular formula is C11H17FN4O. The van der Waals surface area contributed by atoms with Gasteiger partial charge >= 0.3 is 0 Å². The van der Waals surface area contributed by atoms with Crippen LogP contribution in [0.25, 0.3) is 0 Å². The molecule has 2 heterocycles. The van der Waals surface area contributed by atoms with Gasteiger partial charge in [-0.2, -0.15) is 4.98 Å². The highest BCUT2D eigenvalue weighted by molar-refractivity contribution is 5.43. The molecule has 2 rings (SSSR count). The van der Waals surface area contributed by atoms with E-state index in [2.05, 4.69) is 9.97 Å². The van der Waals surface area contributed by atoms with Gasteiger partial charge in [-0.15, -0.1) is 0 Å². The molecule has 1 aromatic heterocycles. The quantitative estimate of drug-likeness (QED) is 0.799. The molecule has 17 heavy (non-hydrogen) atoms. The maximum Gasteiger partial charge on any atom is 0.222 e. The van der Waals surface area contributed by atoms with E-state index in [4.69, 9.17) is 10.5 Å². The second kappa shape index (κ2) is 4.10. The van der Waals surface area contributed by atoms with Crippen LogP contribution in [0.1, 0.15) is 20.8 Å². The molecule has 1 saturated heterocycles. The second-order valence-electron chi connectivity index (χ2n) is 4.97. The number of ether oxygens (including phenoxy) is 1. The summed E-state index contributed by atoms with van der Waals surface area (Å²) in [6.45, 7) is 7.06. The van der Waals surface area contributed by atoms with Crippen molar-refractivity contribution in [1.82, 2.24) is 9.97 Å². The van der Waals surface area contributed by atoms with Gasteiger partial charge in [-0.05, 0) is 20.8 Å². The first-order chi connectivity index (χ1) is 7.87. The van der Waals surface area contributed by atoms with Gasteiger partial charge in [0.1, 0.15) is 0 Å². The molecule has 0 aromatic carbocycles. The highest BCUT2D eigenvalue weighted by atomic mass is 19.1. The topological polar surface area (TPSA) is 64.3 Å². The fraction of sp³-hybridized carbons (Fsp3) is 0.636. The minimum absolute atomic E-state index is 0.0225. The Labute approximate surface area is 99.8 Å². The first-order valence-corrected chi connectivity index (χ1v) is 5.58. The molecule has 2 N–H and O–H groups in total. The van der Waals surface area contributed by atoms with Gasteiger partial charge in [0.2, 0.25) is 5.95 Å². The van der Waals surface area contributed by atoms with E-state index in [1.54, 1.807) is 0 Å². The molecule has 1 aliphatic rings. The molecule has 0 amide bonds. The van der Waals surface area contributed by atoms with Crippen LogP contribution in [0, 0.1) is 5.82 Å². The number of hydrogen-bond acceptors (Lipinski definition) is 5. The average Bonchev–Trinajstić information content (AvgIpc) is 2.18. The number of hydrogen-bond donors (Lipinski definition) is 1. The molecule has 0 radical (unpaired) electrons. The van der Waals surface area contributed by atoms with E-state index in [0.29, 0.717) is 13.1 Å². The number of aromatic nitrogens is 2. The molecule has 5 nitrogen and oxygen atoms in total. The largest absolute Gasteiger partial charge is 0.369 e. The standard InChI is InChI=1S/C11H17FN4O/c1-7-5-16(6-11(2,3)17-7)9-8(12)4-14-10(13)15-9/h4,7H,5-6H2,1-3H3,(H2,13,14,15). The third kappa shape index (κ3) is 2.63. The second-order valence-corrected chi connectivity index (χ2v) is 4.97. The van der Waals surface area contributed by atoms with Crippen LogP contribution in [0.15, 0.2) is 6.20 Å². The Hall–Kier alpha value is -1.43. The highest BCUT2D eigenvalue weighted by Crippen LogP contribution is 2.26. The van der Waals surface area contributed by atoms with Crippen molar-refractivity contribution < 1.29 is 9.13 Å². The van der Waals surface area contributed by atoms with Crippen LogP contribution in [0.2, 0.25) is 0 Å². The van der Waals surface area contributed by atoms with Gasteiger partial charge in [-0.25, -0.2) is 9.37 Å². The van der Waals surface area contributed by atoms with E-state index in [9.17, 15) is 4.39 Å². The van der Waals surface area contributed by atoms with E-state index >= 15 is 0 Å². The van der Waals surface area contributed by atoms with Crippen LogP contribution >= 0.6 is 0 Å². The third-order valence-electron chi connectivity index (χ3n) is 2.61. The van der Waals surface area contributed by atoms with Crippen molar-refractivity contribution in [2.24, 2.45) is 0 Å². The number of rotatable bonds is 1. The summed E-state index contributed by atoms with van der Waals surface area (Å²) in [6.07, 6.45) is 1.12. The molecule has 0 aliphatic carbocycles. The SMILES string of the molecule is CC1CN(c2nc(N)ncc2F)CC(C)(C)O1. The third-order valence-corrected chi connectivity index (χ3v) is 2.61. The summed E-state index contributed by atoms with van der Waals surface area (Å²) in [4.78, 5) is 9.43. The molecule has 6 heteroatoms. The molecule has 0 bridgehead atoms. The van der Waals surface area contributed by atoms with Gasteiger partial charge < -0.3 is 15.4 Å². The Morgan fingerprint density at radius 2 is 2.29 bits per heavy atom. The zero-order valence-electron chi connectivity index (χ0n) is 10.3. The highest BCUT2D eigenvalue weighted by Gasteiger charge is 2.33. The van der Waals surface area contributed by atoms with Crippen LogP contribution in [-0.4, -0.2) is 34.8 Å². The predicted molar refractivity (Wildman–Crippen MR) is 63.2 cm³/mol. The Morgan fingerprint density at radius 1 is 1.59 bits per heavy atom. The summed E-state index contributed by atoms with van der Waals surface area (Å²) in [6, 6.07) is 0. The van der Waals surface area contributed by atoms with Gasteiger partial charge in [0, 0.05) is 13.1 Å². The minimum Gasteiger partial charge on any atom is -0.369 e. The van der Waals surface area contributed by atoms with E-state index in [-0.39, 0.29) is 23.5 Å². The number of nitrogen functional groups attached to an aromatic ring is 1. The zero-order chi connectivity index (χ0) is 12.6. The fourth-order valence-corrected chi connectivity index (χ4v) is 2.21. The number of nitrogens with zero attached hydrogens (tertiary/aromatic N) is 3. The van der Waals surface area contributed by atoms with Crippen LogP contribution in [0.3, 0.4) is 0 Å². The van der Waals surface area contributed by atoms with Gasteiger partial charge in [-0.1, -0.05) is 0 Å². The smallest absolute Gasteiger partial charge is 0.222 e. The lowest BCUT2D eigenvalue weighted by atomic mass is 10.1. The van der Waals surface area contributed by atoms with Gasteiger partial charge in [0.05, 0.1) is 17.9 Å². The maximum absolute atomic E-state index is 13.7. The molecule has 0 spiro atoms. The Balaban J connectivity index is 2.30. The molecular weight excluding hydrogens is 223 g/mol. The van der Waals surface area contributed by atoms with Crippen molar-refractivity contribution in [3.8, 4) is 0 Å². The first-order valence-electron chi connectivity index (χ1n) is 5.58. The summed E-state index contributed by atoms with van der Waals surface area (Å²) in [5, 5.41) is 0. The number of morpholine rings is 1. The molecule has 1 fully saturated rings. The molecule has 1 unspecified atom stereocenters. The van der Waals surface area contributed by atoms with E-state index in [1.807, 2.05) is 25.7 Å². The number of nitrogens with two attached hydrogens (primary N) is 1. The molecule has 0 saturated carbocycles.